The Morgan fingerprint density at radius 2 is 2.27 bits per heavy atom. The molecule has 0 saturated carbocycles. The molecule has 0 radical (unpaired) electrons. The molecular weight excluding hydrogens is 146 g/mol. The van der Waals surface area contributed by atoms with Gasteiger partial charge in [0.25, 0.3) is 0 Å². The van der Waals surface area contributed by atoms with E-state index < -0.39 is 18.1 Å². The quantitative estimate of drug-likeness (QED) is 0.482. The SMILES string of the molecule is C=CCCC(O)C(N)C(=O)O. The van der Waals surface area contributed by atoms with Crippen molar-refractivity contribution in [3.8, 4) is 0 Å². The van der Waals surface area contributed by atoms with Gasteiger partial charge in [-0.2, -0.15) is 0 Å². The Labute approximate surface area is 65.3 Å². The fourth-order valence-corrected chi connectivity index (χ4v) is 0.633. The van der Waals surface area contributed by atoms with Crippen molar-refractivity contribution in [3.05, 3.63) is 12.7 Å². The van der Waals surface area contributed by atoms with Crippen molar-refractivity contribution < 1.29 is 15.0 Å². The summed E-state index contributed by atoms with van der Waals surface area (Å²) >= 11 is 0. The molecule has 0 saturated heterocycles. The number of carboxylic acids is 1. The van der Waals surface area contributed by atoms with Crippen molar-refractivity contribution >= 4 is 5.97 Å². The Morgan fingerprint density at radius 1 is 1.73 bits per heavy atom. The van der Waals surface area contributed by atoms with E-state index in [9.17, 15) is 4.79 Å². The summed E-state index contributed by atoms with van der Waals surface area (Å²) in [5, 5.41) is 17.4. The zero-order valence-electron chi connectivity index (χ0n) is 6.23. The van der Waals surface area contributed by atoms with Gasteiger partial charge in [-0.1, -0.05) is 6.08 Å². The Hall–Kier alpha value is -0.870. The molecule has 0 aliphatic carbocycles. The van der Waals surface area contributed by atoms with Gasteiger partial charge in [-0.15, -0.1) is 6.58 Å². The van der Waals surface area contributed by atoms with Crippen LogP contribution in [0.3, 0.4) is 0 Å². The highest BCUT2D eigenvalue weighted by molar-refractivity contribution is 5.73. The molecule has 0 aromatic carbocycles. The van der Waals surface area contributed by atoms with E-state index >= 15 is 0 Å². The number of hydrogen-bond donors (Lipinski definition) is 3. The van der Waals surface area contributed by atoms with Gasteiger partial charge in [0.1, 0.15) is 6.04 Å². The summed E-state index contributed by atoms with van der Waals surface area (Å²) in [7, 11) is 0. The lowest BCUT2D eigenvalue weighted by Gasteiger charge is -2.12. The standard InChI is InChI=1S/C7H13NO3/c1-2-3-4-5(9)6(8)7(10)11/h2,5-6,9H,1,3-4,8H2,(H,10,11). The zero-order valence-corrected chi connectivity index (χ0v) is 6.23. The molecule has 0 fully saturated rings. The highest BCUT2D eigenvalue weighted by Gasteiger charge is 2.20. The van der Waals surface area contributed by atoms with E-state index in [0.29, 0.717) is 12.8 Å². The minimum absolute atomic E-state index is 0.344. The predicted molar refractivity (Wildman–Crippen MR) is 41.0 cm³/mol. The molecule has 0 heterocycles. The summed E-state index contributed by atoms with van der Waals surface area (Å²) in [4.78, 5) is 10.2. The van der Waals surface area contributed by atoms with Crippen molar-refractivity contribution in [3.63, 3.8) is 0 Å². The van der Waals surface area contributed by atoms with Gasteiger partial charge in [-0.3, -0.25) is 4.79 Å². The van der Waals surface area contributed by atoms with Crippen molar-refractivity contribution in [2.45, 2.75) is 25.0 Å². The number of nitrogens with two attached hydrogens (primary N) is 1. The van der Waals surface area contributed by atoms with E-state index in [-0.39, 0.29) is 0 Å². The van der Waals surface area contributed by atoms with E-state index in [1.54, 1.807) is 6.08 Å². The van der Waals surface area contributed by atoms with Gasteiger partial charge in [0.05, 0.1) is 6.10 Å². The normalized spacial score (nSPS) is 15.5. The first-order chi connectivity index (χ1) is 5.09. The molecule has 0 aromatic rings. The van der Waals surface area contributed by atoms with Gasteiger partial charge in [0, 0.05) is 0 Å². The van der Waals surface area contributed by atoms with Crippen LogP contribution in [-0.2, 0) is 4.79 Å². The molecule has 0 amide bonds. The smallest absolute Gasteiger partial charge is 0.323 e. The Morgan fingerprint density at radius 3 is 2.64 bits per heavy atom. The molecule has 11 heavy (non-hydrogen) atoms. The summed E-state index contributed by atoms with van der Waals surface area (Å²) in [5.74, 6) is -1.18. The highest BCUT2D eigenvalue weighted by atomic mass is 16.4. The van der Waals surface area contributed by atoms with Crippen molar-refractivity contribution in [1.82, 2.24) is 0 Å². The van der Waals surface area contributed by atoms with Crippen LogP contribution in [0.2, 0.25) is 0 Å². The summed E-state index contributed by atoms with van der Waals surface area (Å²) in [6, 6.07) is -1.19. The zero-order chi connectivity index (χ0) is 8.85. The van der Waals surface area contributed by atoms with Gasteiger partial charge >= 0.3 is 5.97 Å². The van der Waals surface area contributed by atoms with Gasteiger partial charge in [-0.25, -0.2) is 0 Å². The van der Waals surface area contributed by atoms with Crippen LogP contribution in [0.5, 0.6) is 0 Å². The third kappa shape index (κ3) is 3.75. The lowest BCUT2D eigenvalue weighted by molar-refractivity contribution is -0.141. The Kier molecular flexibility index (Phi) is 4.49. The van der Waals surface area contributed by atoms with E-state index in [1.165, 1.54) is 0 Å². The number of aliphatic carboxylic acids is 1. The summed E-state index contributed by atoms with van der Waals surface area (Å²) in [6.45, 7) is 3.44. The second-order valence-corrected chi connectivity index (χ2v) is 2.30. The molecule has 0 aromatic heterocycles. The highest BCUT2D eigenvalue weighted by Crippen LogP contribution is 2.00. The minimum atomic E-state index is -1.19. The first-order valence-corrected chi connectivity index (χ1v) is 3.37. The molecule has 0 spiro atoms. The topological polar surface area (TPSA) is 83.5 Å². The van der Waals surface area contributed by atoms with Crippen LogP contribution in [0.15, 0.2) is 12.7 Å². The Bertz CT molecular complexity index is 147. The van der Waals surface area contributed by atoms with Crippen LogP contribution in [0.25, 0.3) is 0 Å². The fourth-order valence-electron chi connectivity index (χ4n) is 0.633. The maximum atomic E-state index is 10.2. The second kappa shape index (κ2) is 4.87. The van der Waals surface area contributed by atoms with E-state index in [2.05, 4.69) is 6.58 Å². The maximum Gasteiger partial charge on any atom is 0.323 e. The van der Waals surface area contributed by atoms with Gasteiger partial charge in [0.2, 0.25) is 0 Å². The maximum absolute atomic E-state index is 10.2. The average Bonchev–Trinajstić information content (AvgIpc) is 1.98. The molecular formula is C7H13NO3. The number of hydrogen-bond acceptors (Lipinski definition) is 3. The first kappa shape index (κ1) is 10.1. The van der Waals surface area contributed by atoms with Crippen LogP contribution in [0.1, 0.15) is 12.8 Å². The number of carbonyl (C=O) groups is 1. The molecule has 0 rings (SSSR count). The van der Waals surface area contributed by atoms with Crippen LogP contribution in [0, 0.1) is 0 Å². The van der Waals surface area contributed by atoms with Crippen LogP contribution < -0.4 is 5.73 Å². The lowest BCUT2D eigenvalue weighted by Crippen LogP contribution is -2.41. The first-order valence-electron chi connectivity index (χ1n) is 3.37. The van der Waals surface area contributed by atoms with Gasteiger partial charge in [-0.05, 0) is 12.8 Å². The van der Waals surface area contributed by atoms with Gasteiger partial charge < -0.3 is 15.9 Å². The molecule has 4 nitrogen and oxygen atoms in total. The minimum Gasteiger partial charge on any atom is -0.480 e. The predicted octanol–water partition coefficient (Wildman–Crippen LogP) is -0.275. The average molecular weight is 159 g/mol. The number of carboxylic acid groups (broad SMARTS) is 1. The monoisotopic (exact) mass is 159 g/mol. The molecule has 2 atom stereocenters. The molecule has 0 aliphatic rings. The number of aliphatic hydroxyl groups is 1. The van der Waals surface area contributed by atoms with E-state index in [1.807, 2.05) is 0 Å². The number of rotatable bonds is 5. The van der Waals surface area contributed by atoms with Crippen LogP contribution in [-0.4, -0.2) is 28.3 Å². The molecule has 2 unspecified atom stereocenters. The van der Waals surface area contributed by atoms with Crippen molar-refractivity contribution in [2.24, 2.45) is 5.73 Å². The third-order valence-corrected chi connectivity index (χ3v) is 1.37. The fraction of sp³-hybridized carbons (Fsp3) is 0.571. The molecule has 4 N–H and O–H groups in total. The van der Waals surface area contributed by atoms with Gasteiger partial charge in [0.15, 0.2) is 0 Å². The number of aliphatic hydroxyl groups excluding tert-OH is 1. The summed E-state index contributed by atoms with van der Waals surface area (Å²) in [6.07, 6.45) is 1.54. The van der Waals surface area contributed by atoms with Crippen LogP contribution in [0.4, 0.5) is 0 Å². The van der Waals surface area contributed by atoms with Crippen molar-refractivity contribution in [1.29, 1.82) is 0 Å². The van der Waals surface area contributed by atoms with Crippen molar-refractivity contribution in [2.75, 3.05) is 0 Å². The second-order valence-electron chi connectivity index (χ2n) is 2.30. The summed E-state index contributed by atoms with van der Waals surface area (Å²) < 4.78 is 0. The third-order valence-electron chi connectivity index (χ3n) is 1.37. The molecule has 64 valence electrons. The summed E-state index contributed by atoms with van der Waals surface area (Å²) in [5.41, 5.74) is 5.12. The molecule has 0 aliphatic heterocycles. The Balaban J connectivity index is 3.72. The van der Waals surface area contributed by atoms with Crippen LogP contribution >= 0.6 is 0 Å². The van der Waals surface area contributed by atoms with E-state index in [4.69, 9.17) is 15.9 Å². The number of allylic oxidation sites excluding steroid dienone is 1. The lowest BCUT2D eigenvalue weighted by atomic mass is 10.1. The molecule has 4 heteroatoms. The largest absolute Gasteiger partial charge is 0.480 e. The van der Waals surface area contributed by atoms with E-state index in [0.717, 1.165) is 0 Å². The molecule has 0 bridgehead atoms.